The van der Waals surface area contributed by atoms with Gasteiger partial charge >= 0.3 is 0 Å². The maximum atomic E-state index is 6.69. The van der Waals surface area contributed by atoms with Gasteiger partial charge in [-0.25, -0.2) is 0 Å². The van der Waals surface area contributed by atoms with Crippen LogP contribution >= 0.6 is 0 Å². The normalized spacial score (nSPS) is 11.4. The van der Waals surface area contributed by atoms with Crippen molar-refractivity contribution in [3.63, 3.8) is 0 Å². The number of hydrogen-bond donors (Lipinski definition) is 4. The Morgan fingerprint density at radius 2 is 1.09 bits per heavy atom. The molecule has 0 aromatic heterocycles. The summed E-state index contributed by atoms with van der Waals surface area (Å²) in [7, 11) is 0. The Labute approximate surface area is 190 Å². The van der Waals surface area contributed by atoms with Gasteiger partial charge in [-0.2, -0.15) is 0 Å². The molecule has 0 unspecified atom stereocenters. The molecular weight excluding hydrogens is 392 g/mol. The van der Waals surface area contributed by atoms with Gasteiger partial charge in [0.05, 0.1) is 17.1 Å². The van der Waals surface area contributed by atoms with Crippen LogP contribution in [-0.2, 0) is 12.8 Å². The van der Waals surface area contributed by atoms with E-state index < -0.39 is 0 Å². The molecule has 0 saturated heterocycles. The van der Waals surface area contributed by atoms with Crippen LogP contribution in [0.1, 0.15) is 25.0 Å². The highest BCUT2D eigenvalue weighted by Gasteiger charge is 2.28. The highest BCUT2D eigenvalue weighted by molar-refractivity contribution is 6.01. The molecule has 0 atom stereocenters. The molecule has 0 heterocycles. The first-order chi connectivity index (χ1) is 15.7. The van der Waals surface area contributed by atoms with Gasteiger partial charge in [-0.15, -0.1) is 0 Å². The summed E-state index contributed by atoms with van der Waals surface area (Å²) in [5.41, 5.74) is 23.0. The van der Waals surface area contributed by atoms with E-state index in [9.17, 15) is 0 Å². The fourth-order valence-corrected chi connectivity index (χ4v) is 4.06. The van der Waals surface area contributed by atoms with Crippen LogP contribution in [0.15, 0.2) is 84.9 Å². The zero-order valence-corrected chi connectivity index (χ0v) is 18.7. The van der Waals surface area contributed by atoms with E-state index in [0.29, 0.717) is 0 Å². The zero-order chi connectivity index (χ0) is 22.5. The molecule has 4 nitrogen and oxygen atoms in total. The van der Waals surface area contributed by atoms with Crippen molar-refractivity contribution in [3.8, 4) is 11.1 Å². The van der Waals surface area contributed by atoms with Gasteiger partial charge in [-0.3, -0.25) is 0 Å². The fraction of sp³-hybridized carbons (Fsp3) is 0.143. The molecule has 4 heteroatoms. The molecule has 0 fully saturated rings. The Morgan fingerprint density at radius 3 is 1.59 bits per heavy atom. The molecule has 4 aromatic rings. The van der Waals surface area contributed by atoms with Crippen molar-refractivity contribution in [2.24, 2.45) is 0 Å². The molecule has 0 spiro atoms. The average Bonchev–Trinajstić information content (AvgIpc) is 2.81. The van der Waals surface area contributed by atoms with Gasteiger partial charge < -0.3 is 22.1 Å². The topological polar surface area (TPSA) is 76.1 Å². The molecule has 0 saturated carbocycles. The monoisotopic (exact) mass is 422 g/mol. The molecular formula is C28H30N4. The Bertz CT molecular complexity index is 1180. The predicted molar refractivity (Wildman–Crippen MR) is 139 cm³/mol. The van der Waals surface area contributed by atoms with Crippen molar-refractivity contribution < 1.29 is 0 Å². The second kappa shape index (κ2) is 9.48. The van der Waals surface area contributed by atoms with Crippen LogP contribution in [-0.4, -0.2) is 0 Å². The summed E-state index contributed by atoms with van der Waals surface area (Å²) >= 11 is 0. The van der Waals surface area contributed by atoms with Crippen molar-refractivity contribution in [2.75, 3.05) is 22.1 Å². The lowest BCUT2D eigenvalue weighted by Gasteiger charge is -2.31. The number of nitrogens with one attached hydrogen (secondary N) is 2. The van der Waals surface area contributed by atoms with Crippen LogP contribution in [0.4, 0.5) is 34.1 Å². The first-order valence-corrected chi connectivity index (χ1v) is 11.2. The highest BCUT2D eigenvalue weighted by Crippen LogP contribution is 2.50. The average molecular weight is 423 g/mol. The second-order valence-electron chi connectivity index (χ2n) is 7.60. The van der Waals surface area contributed by atoms with Crippen LogP contribution in [0.5, 0.6) is 0 Å². The van der Waals surface area contributed by atoms with Crippen LogP contribution < -0.4 is 22.1 Å². The minimum atomic E-state index is 0.758. The second-order valence-corrected chi connectivity index (χ2v) is 7.60. The molecule has 162 valence electrons. The van der Waals surface area contributed by atoms with E-state index in [0.717, 1.165) is 52.5 Å². The third-order valence-corrected chi connectivity index (χ3v) is 5.67. The lowest BCUT2D eigenvalue weighted by molar-refractivity contribution is 0.847. The number of fused-ring (bicyclic) bond motifs is 1. The van der Waals surface area contributed by atoms with Gasteiger partial charge in [-0.05, 0) is 65.9 Å². The number of nitrogen functional groups attached to an aromatic ring is 2. The fourth-order valence-electron chi connectivity index (χ4n) is 4.06. The third-order valence-electron chi connectivity index (χ3n) is 5.67. The van der Waals surface area contributed by atoms with Crippen LogP contribution in [0.25, 0.3) is 11.1 Å². The first kappa shape index (κ1) is 21.3. The van der Waals surface area contributed by atoms with E-state index in [1.165, 1.54) is 16.7 Å². The van der Waals surface area contributed by atoms with Crippen molar-refractivity contribution in [3.05, 3.63) is 96.1 Å². The summed E-state index contributed by atoms with van der Waals surface area (Å²) in [6.45, 7) is 4.00. The van der Waals surface area contributed by atoms with E-state index in [-0.39, 0.29) is 0 Å². The third kappa shape index (κ3) is 4.12. The van der Waals surface area contributed by atoms with Gasteiger partial charge in [0.1, 0.15) is 0 Å². The van der Waals surface area contributed by atoms with Gasteiger partial charge in [0.25, 0.3) is 0 Å². The Kier molecular flexibility index (Phi) is 6.31. The molecule has 0 radical (unpaired) electrons. The molecule has 6 N–H and O–H groups in total. The van der Waals surface area contributed by atoms with Crippen LogP contribution in [0.2, 0.25) is 0 Å². The smallest absolute Gasteiger partial charge is 0.0866 e. The van der Waals surface area contributed by atoms with E-state index >= 15 is 0 Å². The molecule has 1 aliphatic rings. The summed E-state index contributed by atoms with van der Waals surface area (Å²) in [5, 5.41) is 7.22. The predicted octanol–water partition coefficient (Wildman–Crippen LogP) is 7.13. The Morgan fingerprint density at radius 1 is 0.594 bits per heavy atom. The lowest BCUT2D eigenvalue weighted by Crippen LogP contribution is -2.17. The number of para-hydroxylation sites is 2. The summed E-state index contributed by atoms with van der Waals surface area (Å²) in [6.07, 6.45) is 2.02. The molecule has 0 aliphatic heterocycles. The zero-order valence-electron chi connectivity index (χ0n) is 18.7. The number of benzene rings is 4. The van der Waals surface area contributed by atoms with Crippen LogP contribution in [0.3, 0.4) is 0 Å². The maximum Gasteiger partial charge on any atom is 0.0866 e. The molecule has 0 amide bonds. The number of anilines is 6. The van der Waals surface area contributed by atoms with Gasteiger partial charge in [0, 0.05) is 22.6 Å². The minimum Gasteiger partial charge on any atom is -0.399 e. The summed E-state index contributed by atoms with van der Waals surface area (Å²) in [6, 6.07) is 28.4. The van der Waals surface area contributed by atoms with Gasteiger partial charge in [0.2, 0.25) is 0 Å². The SMILES string of the molecule is CC.Nc1ccc(-c2c3c(c(N)c(Nc4ccccc4)c2Nc2ccccc2)CC3)cc1. The molecule has 1 aliphatic carbocycles. The van der Waals surface area contributed by atoms with E-state index in [1.807, 2.05) is 74.5 Å². The molecule has 32 heavy (non-hydrogen) atoms. The standard InChI is InChI=1S/C26H24N4.C2H6/c27-18-13-11-17(12-14-18)23-21-15-16-22(21)24(28)26(30-20-9-5-2-6-10-20)25(23)29-19-7-3-1-4-8-19;1-2/h1-14,29-30H,15-16,27-28H2;1-2H3. The Balaban J connectivity index is 0.00000119. The quantitative estimate of drug-likeness (QED) is 0.258. The van der Waals surface area contributed by atoms with Gasteiger partial charge in [-0.1, -0.05) is 62.4 Å². The highest BCUT2D eigenvalue weighted by atomic mass is 15.0. The first-order valence-electron chi connectivity index (χ1n) is 11.2. The van der Waals surface area contributed by atoms with Crippen LogP contribution in [0, 0.1) is 0 Å². The summed E-state index contributed by atoms with van der Waals surface area (Å²) < 4.78 is 0. The van der Waals surface area contributed by atoms with Crippen molar-refractivity contribution in [1.82, 2.24) is 0 Å². The number of hydrogen-bond acceptors (Lipinski definition) is 4. The largest absolute Gasteiger partial charge is 0.399 e. The van der Waals surface area contributed by atoms with E-state index in [4.69, 9.17) is 11.5 Å². The van der Waals surface area contributed by atoms with E-state index in [1.54, 1.807) is 0 Å². The number of nitrogens with two attached hydrogens (primary N) is 2. The number of rotatable bonds is 5. The maximum absolute atomic E-state index is 6.69. The molecule has 0 bridgehead atoms. The Hall–Kier alpha value is -3.92. The van der Waals surface area contributed by atoms with Crippen molar-refractivity contribution >= 4 is 34.1 Å². The lowest BCUT2D eigenvalue weighted by atomic mass is 9.79. The summed E-state index contributed by atoms with van der Waals surface area (Å²) in [4.78, 5) is 0. The minimum absolute atomic E-state index is 0.758. The summed E-state index contributed by atoms with van der Waals surface area (Å²) in [5.74, 6) is 0. The van der Waals surface area contributed by atoms with Crippen molar-refractivity contribution in [2.45, 2.75) is 26.7 Å². The molecule has 4 aromatic carbocycles. The van der Waals surface area contributed by atoms with Gasteiger partial charge in [0.15, 0.2) is 0 Å². The molecule has 5 rings (SSSR count). The van der Waals surface area contributed by atoms with Crippen molar-refractivity contribution in [1.29, 1.82) is 0 Å². The van der Waals surface area contributed by atoms with E-state index in [2.05, 4.69) is 34.9 Å².